The molecular weight excluding hydrogens is 552 g/mol. The molecule has 1 aromatic carbocycles. The fourth-order valence-electron chi connectivity index (χ4n) is 5.83. The summed E-state index contributed by atoms with van der Waals surface area (Å²) in [5.41, 5.74) is 1.31. The first-order valence-corrected chi connectivity index (χ1v) is 13.3. The number of methoxy groups -OCH3 is 1. The highest BCUT2D eigenvalue weighted by Crippen LogP contribution is 2.39. The molecule has 0 radical (unpaired) electrons. The van der Waals surface area contributed by atoms with Gasteiger partial charge in [0, 0.05) is 53.8 Å². The van der Waals surface area contributed by atoms with E-state index in [1.807, 2.05) is 24.3 Å². The number of carboxylic acid groups (broad SMARTS) is 1. The van der Waals surface area contributed by atoms with Gasteiger partial charge in [-0.15, -0.1) is 0 Å². The second-order valence-corrected chi connectivity index (χ2v) is 10.4. The molecule has 3 heterocycles. The molecule has 42 heavy (non-hydrogen) atoms. The molecule has 14 nitrogen and oxygen atoms in total. The molecule has 14 heteroatoms. The van der Waals surface area contributed by atoms with E-state index in [-0.39, 0.29) is 24.0 Å². The third-order valence-corrected chi connectivity index (χ3v) is 7.98. The molecule has 1 unspecified atom stereocenters. The zero-order valence-corrected chi connectivity index (χ0v) is 22.5. The molecule has 0 spiro atoms. The standard InChI is InChI=1S/C28H30N4O10/c1-42-24-22(36)20-15(21(35)23(24)37)8-19(26(38)31-18(28(40)41)6-12(10-33)11-34)32-25(20)30-17(27(32)39)7-13-9-29-16-5-3-2-4-14(13)16/h2-5,9,12,17-19,25,29-30,33-34,37H,6-8,10-11H2,1H3,(H,31,38)(H,40,41)/t17-,18-,19?,25-/m0/s1. The maximum absolute atomic E-state index is 13.9. The number of aliphatic carboxylic acids is 1. The van der Waals surface area contributed by atoms with Gasteiger partial charge in [-0.2, -0.15) is 0 Å². The van der Waals surface area contributed by atoms with Crippen molar-refractivity contribution in [3.63, 3.8) is 0 Å². The topological polar surface area (TPSA) is 219 Å². The van der Waals surface area contributed by atoms with Gasteiger partial charge in [0.25, 0.3) is 0 Å². The van der Waals surface area contributed by atoms with Crippen molar-refractivity contribution in [2.75, 3.05) is 20.3 Å². The van der Waals surface area contributed by atoms with Crippen LogP contribution >= 0.6 is 0 Å². The van der Waals surface area contributed by atoms with E-state index in [0.29, 0.717) is 0 Å². The number of carboxylic acids is 1. The fourth-order valence-corrected chi connectivity index (χ4v) is 5.83. The third kappa shape index (κ3) is 4.82. The number of rotatable bonds is 10. The first kappa shape index (κ1) is 29.0. The van der Waals surface area contributed by atoms with Crippen molar-refractivity contribution < 1.29 is 49.1 Å². The van der Waals surface area contributed by atoms with Gasteiger partial charge >= 0.3 is 5.97 Å². The van der Waals surface area contributed by atoms with Crippen LogP contribution in [0.1, 0.15) is 18.4 Å². The zero-order chi connectivity index (χ0) is 30.3. The van der Waals surface area contributed by atoms with Gasteiger partial charge in [-0.25, -0.2) is 4.79 Å². The number of ether oxygens (including phenoxy) is 1. The zero-order valence-electron chi connectivity index (χ0n) is 22.5. The van der Waals surface area contributed by atoms with E-state index >= 15 is 0 Å². The van der Waals surface area contributed by atoms with Gasteiger partial charge in [0.2, 0.25) is 34.9 Å². The number of carbonyl (C=O) groups excluding carboxylic acids is 4. The van der Waals surface area contributed by atoms with Crippen molar-refractivity contribution in [3.8, 4) is 0 Å². The summed E-state index contributed by atoms with van der Waals surface area (Å²) in [7, 11) is 1.12. The summed E-state index contributed by atoms with van der Waals surface area (Å²) in [6.07, 6.45) is -0.0913. The molecule has 1 saturated heterocycles. The molecule has 4 atom stereocenters. The predicted molar refractivity (Wildman–Crippen MR) is 144 cm³/mol. The van der Waals surface area contributed by atoms with Crippen LogP contribution in [0.5, 0.6) is 0 Å². The summed E-state index contributed by atoms with van der Waals surface area (Å²) in [5.74, 6) is -7.00. The Hall–Kier alpha value is -4.53. The maximum atomic E-state index is 13.9. The number of aromatic nitrogens is 1. The lowest BCUT2D eigenvalue weighted by Crippen LogP contribution is -2.59. The smallest absolute Gasteiger partial charge is 0.326 e. The fraction of sp³-hybridized carbons (Fsp3) is 0.393. The summed E-state index contributed by atoms with van der Waals surface area (Å²) >= 11 is 0. The van der Waals surface area contributed by atoms with E-state index in [1.54, 1.807) is 6.20 Å². The van der Waals surface area contributed by atoms with Crippen LogP contribution < -0.4 is 10.6 Å². The van der Waals surface area contributed by atoms with Gasteiger partial charge in [-0.05, 0) is 24.5 Å². The number of carbonyl (C=O) groups is 5. The molecule has 5 rings (SSSR count). The highest BCUT2D eigenvalue weighted by atomic mass is 16.5. The molecule has 0 saturated carbocycles. The number of aliphatic hydroxyl groups is 3. The number of benzene rings is 1. The molecule has 2 aliphatic heterocycles. The van der Waals surface area contributed by atoms with Crippen LogP contribution in [0.2, 0.25) is 0 Å². The number of hydrogen-bond donors (Lipinski definition) is 7. The van der Waals surface area contributed by atoms with Crippen LogP contribution in [-0.4, -0.2) is 104 Å². The Labute approximate surface area is 238 Å². The van der Waals surface area contributed by atoms with Gasteiger partial charge in [0.1, 0.15) is 18.2 Å². The monoisotopic (exact) mass is 582 g/mol. The minimum Gasteiger partial charge on any atom is -0.501 e. The van der Waals surface area contributed by atoms with E-state index in [4.69, 9.17) is 4.74 Å². The average Bonchev–Trinajstić information content (AvgIpc) is 3.54. The van der Waals surface area contributed by atoms with Crippen molar-refractivity contribution in [2.24, 2.45) is 5.92 Å². The lowest BCUT2D eigenvalue weighted by atomic mass is 9.82. The van der Waals surface area contributed by atoms with Crippen LogP contribution in [0.25, 0.3) is 10.9 Å². The summed E-state index contributed by atoms with van der Waals surface area (Å²) in [4.78, 5) is 70.1. The van der Waals surface area contributed by atoms with E-state index in [2.05, 4.69) is 15.6 Å². The summed E-state index contributed by atoms with van der Waals surface area (Å²) in [5, 5.41) is 45.2. The van der Waals surface area contributed by atoms with Crippen LogP contribution in [0, 0.1) is 5.92 Å². The number of Topliss-reactive ketones (excluding diaryl/α,β-unsaturated/α-hetero) is 2. The van der Waals surface area contributed by atoms with E-state index in [1.165, 1.54) is 0 Å². The second kappa shape index (κ2) is 11.4. The summed E-state index contributed by atoms with van der Waals surface area (Å²) in [6.45, 7) is -1.04. The molecule has 222 valence electrons. The number of fused-ring (bicyclic) bond motifs is 3. The summed E-state index contributed by atoms with van der Waals surface area (Å²) < 4.78 is 4.99. The minimum absolute atomic E-state index is 0.135. The second-order valence-electron chi connectivity index (χ2n) is 10.4. The van der Waals surface area contributed by atoms with Crippen LogP contribution in [0.4, 0.5) is 0 Å². The lowest BCUT2D eigenvalue weighted by molar-refractivity contribution is -0.145. The Morgan fingerprint density at radius 3 is 2.52 bits per heavy atom. The first-order chi connectivity index (χ1) is 20.1. The lowest BCUT2D eigenvalue weighted by Gasteiger charge is -2.39. The van der Waals surface area contributed by atoms with Gasteiger partial charge in [-0.1, -0.05) is 18.2 Å². The number of amides is 2. The Morgan fingerprint density at radius 2 is 1.86 bits per heavy atom. The van der Waals surface area contributed by atoms with Crippen molar-refractivity contribution in [1.29, 1.82) is 0 Å². The van der Waals surface area contributed by atoms with Crippen LogP contribution in [0.15, 0.2) is 53.1 Å². The molecule has 7 N–H and O–H groups in total. The first-order valence-electron chi connectivity index (χ1n) is 13.3. The third-order valence-electron chi connectivity index (χ3n) is 7.98. The summed E-state index contributed by atoms with van der Waals surface area (Å²) in [6, 6.07) is 3.59. The predicted octanol–water partition coefficient (Wildman–Crippen LogP) is -0.966. The number of nitrogens with zero attached hydrogens (tertiary/aromatic N) is 1. The highest BCUT2D eigenvalue weighted by Gasteiger charge is 2.55. The number of nitrogens with one attached hydrogen (secondary N) is 3. The quantitative estimate of drug-likeness (QED) is 0.169. The van der Waals surface area contributed by atoms with Crippen molar-refractivity contribution in [1.82, 2.24) is 20.5 Å². The molecule has 2 amide bonds. The van der Waals surface area contributed by atoms with E-state index in [9.17, 15) is 44.4 Å². The molecule has 1 aliphatic carbocycles. The number of aromatic amines is 1. The number of para-hydroxylation sites is 1. The Balaban J connectivity index is 1.51. The number of ketones is 2. The van der Waals surface area contributed by atoms with Gasteiger partial charge in [-0.3, -0.25) is 24.5 Å². The van der Waals surface area contributed by atoms with Crippen molar-refractivity contribution in [3.05, 3.63) is 58.7 Å². The maximum Gasteiger partial charge on any atom is 0.326 e. The molecule has 3 aliphatic rings. The average molecular weight is 583 g/mol. The highest BCUT2D eigenvalue weighted by molar-refractivity contribution is 6.25. The van der Waals surface area contributed by atoms with Crippen molar-refractivity contribution in [2.45, 2.75) is 43.6 Å². The Bertz CT molecular complexity index is 1540. The van der Waals surface area contributed by atoms with Crippen LogP contribution in [-0.2, 0) is 35.1 Å². The van der Waals surface area contributed by atoms with Gasteiger partial charge < -0.3 is 40.4 Å². The molecule has 1 aromatic heterocycles. The van der Waals surface area contributed by atoms with E-state index < -0.39 is 90.7 Å². The van der Waals surface area contributed by atoms with Crippen molar-refractivity contribution >= 4 is 40.3 Å². The molecule has 0 bridgehead atoms. The normalized spacial score (nSPS) is 23.0. The largest absolute Gasteiger partial charge is 0.501 e. The SMILES string of the molecule is COC1=C(O)C(=O)C2=C(C1=O)[C@H]1N[C@@H](Cc3c[nH]c4ccccc34)C(=O)N1C(C(=O)N[C@@H](CC(CO)CO)C(=O)O)C2. The van der Waals surface area contributed by atoms with Crippen LogP contribution in [0.3, 0.4) is 0 Å². The number of allylic oxidation sites excluding steroid dienone is 2. The number of H-pyrrole nitrogens is 1. The Kier molecular flexibility index (Phi) is 7.86. The molecule has 2 aromatic rings. The minimum atomic E-state index is -1.53. The van der Waals surface area contributed by atoms with E-state index in [0.717, 1.165) is 28.5 Å². The number of aliphatic hydroxyl groups excluding tert-OH is 3. The molecule has 1 fully saturated rings. The van der Waals surface area contributed by atoms with Gasteiger partial charge in [0.15, 0.2) is 0 Å². The Morgan fingerprint density at radius 1 is 1.14 bits per heavy atom. The molecular formula is C28H30N4O10. The number of hydrogen-bond acceptors (Lipinski definition) is 10. The van der Waals surface area contributed by atoms with Gasteiger partial charge in [0.05, 0.1) is 13.2 Å².